The largest absolute Gasteiger partial charge is 0.484 e. The van der Waals surface area contributed by atoms with E-state index >= 15 is 0 Å². The molecule has 2 aromatic heterocycles. The fraction of sp³-hybridized carbons (Fsp3) is 0.526. The number of halogens is 1. The number of nitrogens with zero attached hydrogens (tertiary/aromatic N) is 4. The SMILES string of the molecule is Cc1ncc(NC2CCN(C(C)c3nc4c(cc3F)OCCO4)CC2)cn1. The predicted molar refractivity (Wildman–Crippen MR) is 98.6 cm³/mol. The maximum absolute atomic E-state index is 14.5. The van der Waals surface area contributed by atoms with Crippen LogP contribution in [-0.4, -0.2) is 52.2 Å². The van der Waals surface area contributed by atoms with Gasteiger partial charge in [0.1, 0.15) is 24.9 Å². The van der Waals surface area contributed by atoms with E-state index in [1.165, 1.54) is 6.07 Å². The fourth-order valence-electron chi connectivity index (χ4n) is 3.57. The number of likely N-dealkylation sites (tertiary alicyclic amines) is 1. The van der Waals surface area contributed by atoms with E-state index in [2.05, 4.69) is 25.2 Å². The Hall–Kier alpha value is -2.48. The first kappa shape index (κ1) is 17.9. The lowest BCUT2D eigenvalue weighted by Gasteiger charge is -2.36. The molecular formula is C19H24FN5O2. The van der Waals surface area contributed by atoms with Crippen molar-refractivity contribution in [1.29, 1.82) is 0 Å². The maximum Gasteiger partial charge on any atom is 0.257 e. The number of piperidine rings is 1. The number of aromatic nitrogens is 3. The van der Waals surface area contributed by atoms with Gasteiger partial charge in [0.05, 0.1) is 29.8 Å². The molecule has 1 fully saturated rings. The van der Waals surface area contributed by atoms with Crippen LogP contribution in [0, 0.1) is 12.7 Å². The van der Waals surface area contributed by atoms with E-state index in [1.54, 1.807) is 0 Å². The summed E-state index contributed by atoms with van der Waals surface area (Å²) in [6.07, 6.45) is 5.55. The average Bonchev–Trinajstić information content (AvgIpc) is 2.69. The summed E-state index contributed by atoms with van der Waals surface area (Å²) in [6.45, 7) is 6.45. The van der Waals surface area contributed by atoms with Crippen molar-refractivity contribution in [3.8, 4) is 11.6 Å². The van der Waals surface area contributed by atoms with Crippen molar-refractivity contribution in [3.05, 3.63) is 35.8 Å². The Labute approximate surface area is 157 Å². The number of aryl methyl sites for hydroxylation is 1. The summed E-state index contributed by atoms with van der Waals surface area (Å²) in [7, 11) is 0. The van der Waals surface area contributed by atoms with Crippen LogP contribution in [0.3, 0.4) is 0 Å². The molecule has 27 heavy (non-hydrogen) atoms. The van der Waals surface area contributed by atoms with E-state index in [9.17, 15) is 4.39 Å². The normalized spacial score (nSPS) is 18.9. The third-order valence-electron chi connectivity index (χ3n) is 5.14. The molecule has 0 radical (unpaired) electrons. The summed E-state index contributed by atoms with van der Waals surface area (Å²) in [5.41, 5.74) is 1.35. The first-order valence-corrected chi connectivity index (χ1v) is 9.35. The Balaban J connectivity index is 1.38. The van der Waals surface area contributed by atoms with E-state index in [1.807, 2.05) is 26.2 Å². The van der Waals surface area contributed by atoms with Gasteiger partial charge in [0.25, 0.3) is 5.88 Å². The van der Waals surface area contributed by atoms with Crippen molar-refractivity contribution in [1.82, 2.24) is 19.9 Å². The van der Waals surface area contributed by atoms with Crippen LogP contribution < -0.4 is 14.8 Å². The minimum atomic E-state index is -0.344. The summed E-state index contributed by atoms with van der Waals surface area (Å²) < 4.78 is 25.4. The van der Waals surface area contributed by atoms with Gasteiger partial charge >= 0.3 is 0 Å². The molecule has 0 saturated carbocycles. The van der Waals surface area contributed by atoms with Crippen molar-refractivity contribution in [2.24, 2.45) is 0 Å². The molecule has 0 aliphatic carbocycles. The second-order valence-electron chi connectivity index (χ2n) is 7.01. The zero-order valence-electron chi connectivity index (χ0n) is 15.6. The lowest BCUT2D eigenvalue weighted by atomic mass is 10.0. The lowest BCUT2D eigenvalue weighted by molar-refractivity contribution is 0.149. The highest BCUT2D eigenvalue weighted by Crippen LogP contribution is 2.33. The van der Waals surface area contributed by atoms with E-state index in [-0.39, 0.29) is 11.9 Å². The molecule has 4 heterocycles. The maximum atomic E-state index is 14.5. The number of ether oxygens (including phenoxy) is 2. The molecule has 1 unspecified atom stereocenters. The van der Waals surface area contributed by atoms with Crippen LogP contribution in [0.15, 0.2) is 18.5 Å². The fourth-order valence-corrected chi connectivity index (χ4v) is 3.57. The van der Waals surface area contributed by atoms with Crippen LogP contribution in [0.25, 0.3) is 0 Å². The minimum Gasteiger partial charge on any atom is -0.484 e. The molecule has 0 spiro atoms. The van der Waals surface area contributed by atoms with Crippen LogP contribution in [0.5, 0.6) is 11.6 Å². The second-order valence-corrected chi connectivity index (χ2v) is 7.01. The molecule has 0 bridgehead atoms. The lowest BCUT2D eigenvalue weighted by Crippen LogP contribution is -2.40. The molecule has 0 aromatic carbocycles. The Kier molecular flexibility index (Phi) is 5.07. The number of hydrogen-bond acceptors (Lipinski definition) is 7. The molecule has 1 N–H and O–H groups in total. The molecule has 0 amide bonds. The van der Waals surface area contributed by atoms with E-state index in [0.29, 0.717) is 36.6 Å². The average molecular weight is 373 g/mol. The molecule has 8 heteroatoms. The Bertz CT molecular complexity index is 793. The van der Waals surface area contributed by atoms with Crippen LogP contribution >= 0.6 is 0 Å². The Morgan fingerprint density at radius 2 is 1.89 bits per heavy atom. The zero-order valence-corrected chi connectivity index (χ0v) is 15.6. The first-order chi connectivity index (χ1) is 13.1. The molecule has 4 rings (SSSR count). The van der Waals surface area contributed by atoms with Crippen molar-refractivity contribution < 1.29 is 13.9 Å². The highest BCUT2D eigenvalue weighted by molar-refractivity contribution is 5.39. The Morgan fingerprint density at radius 3 is 2.63 bits per heavy atom. The van der Waals surface area contributed by atoms with E-state index in [0.717, 1.165) is 37.4 Å². The van der Waals surface area contributed by atoms with E-state index in [4.69, 9.17) is 9.47 Å². The van der Waals surface area contributed by atoms with Gasteiger partial charge in [-0.3, -0.25) is 4.90 Å². The molecule has 144 valence electrons. The Morgan fingerprint density at radius 1 is 1.19 bits per heavy atom. The monoisotopic (exact) mass is 373 g/mol. The number of pyridine rings is 1. The van der Waals surface area contributed by atoms with Crippen LogP contribution in [-0.2, 0) is 0 Å². The molecule has 1 saturated heterocycles. The van der Waals surface area contributed by atoms with E-state index < -0.39 is 0 Å². The van der Waals surface area contributed by atoms with Gasteiger partial charge in [-0.05, 0) is 26.7 Å². The summed E-state index contributed by atoms with van der Waals surface area (Å²) in [4.78, 5) is 15.1. The summed E-state index contributed by atoms with van der Waals surface area (Å²) in [5, 5.41) is 3.48. The highest BCUT2D eigenvalue weighted by atomic mass is 19.1. The molecular weight excluding hydrogens is 349 g/mol. The number of fused-ring (bicyclic) bond motifs is 1. The zero-order chi connectivity index (χ0) is 18.8. The van der Waals surface area contributed by atoms with Crippen LogP contribution in [0.4, 0.5) is 10.1 Å². The van der Waals surface area contributed by atoms with Gasteiger partial charge < -0.3 is 14.8 Å². The van der Waals surface area contributed by atoms with Gasteiger partial charge in [0.15, 0.2) is 5.75 Å². The third-order valence-corrected chi connectivity index (χ3v) is 5.14. The number of rotatable bonds is 4. The molecule has 2 aromatic rings. The smallest absolute Gasteiger partial charge is 0.257 e. The van der Waals surface area contributed by atoms with Gasteiger partial charge in [-0.1, -0.05) is 0 Å². The molecule has 2 aliphatic heterocycles. The van der Waals surface area contributed by atoms with Crippen molar-refractivity contribution in [2.75, 3.05) is 31.6 Å². The summed E-state index contributed by atoms with van der Waals surface area (Å²) in [5.74, 6) is 1.19. The van der Waals surface area contributed by atoms with Gasteiger partial charge in [0, 0.05) is 25.2 Å². The van der Waals surface area contributed by atoms with Gasteiger partial charge in [-0.15, -0.1) is 0 Å². The van der Waals surface area contributed by atoms with Gasteiger partial charge in [-0.2, -0.15) is 0 Å². The quantitative estimate of drug-likeness (QED) is 0.883. The van der Waals surface area contributed by atoms with Crippen LogP contribution in [0.2, 0.25) is 0 Å². The summed E-state index contributed by atoms with van der Waals surface area (Å²) >= 11 is 0. The second kappa shape index (κ2) is 7.64. The summed E-state index contributed by atoms with van der Waals surface area (Å²) in [6, 6.07) is 1.63. The highest BCUT2D eigenvalue weighted by Gasteiger charge is 2.28. The third kappa shape index (κ3) is 3.95. The van der Waals surface area contributed by atoms with Gasteiger partial charge in [-0.25, -0.2) is 19.3 Å². The van der Waals surface area contributed by atoms with Crippen molar-refractivity contribution >= 4 is 5.69 Å². The van der Waals surface area contributed by atoms with Crippen LogP contribution in [0.1, 0.15) is 37.3 Å². The number of hydrogen-bond donors (Lipinski definition) is 1. The molecule has 2 aliphatic rings. The van der Waals surface area contributed by atoms with Crippen molar-refractivity contribution in [2.45, 2.75) is 38.8 Å². The predicted octanol–water partition coefficient (Wildman–Crippen LogP) is 2.73. The number of anilines is 1. The standard InChI is InChI=1S/C19H24FN5O2/c1-12(18-16(20)9-17-19(24-18)27-8-7-26-17)25-5-3-14(4-6-25)23-15-10-21-13(2)22-11-15/h9-12,14,23H,3-8H2,1-2H3. The molecule has 1 atom stereocenters. The minimum absolute atomic E-state index is 0.121. The van der Waals surface area contributed by atoms with Gasteiger partial charge in [0.2, 0.25) is 0 Å². The van der Waals surface area contributed by atoms with Crippen molar-refractivity contribution in [3.63, 3.8) is 0 Å². The number of nitrogens with one attached hydrogen (secondary N) is 1. The topological polar surface area (TPSA) is 72.4 Å². The first-order valence-electron chi connectivity index (χ1n) is 9.35. The molecule has 7 nitrogen and oxygen atoms in total.